The number of phenols is 1. The first-order valence-corrected chi connectivity index (χ1v) is 6.89. The summed E-state index contributed by atoms with van der Waals surface area (Å²) in [6, 6.07) is 6.85. The minimum Gasteiger partial charge on any atom is -0.507 e. The van der Waals surface area contributed by atoms with Crippen molar-refractivity contribution in [1.29, 1.82) is 0 Å². The average Bonchev–Trinajstić information content (AvgIpc) is 2.78. The fraction of sp³-hybridized carbons (Fsp3) is 0.231. The Hall–Kier alpha value is -1.57. The second-order valence-electron chi connectivity index (χ2n) is 4.11. The Balaban J connectivity index is 1.94. The predicted molar refractivity (Wildman–Crippen MR) is 80.1 cm³/mol. The van der Waals surface area contributed by atoms with Gasteiger partial charge in [0.25, 0.3) is 5.91 Å². The van der Waals surface area contributed by atoms with Crippen molar-refractivity contribution in [2.75, 3.05) is 6.54 Å². The van der Waals surface area contributed by atoms with Gasteiger partial charge in [-0.2, -0.15) is 5.10 Å². The highest BCUT2D eigenvalue weighted by atomic mass is 127. The van der Waals surface area contributed by atoms with E-state index >= 15 is 0 Å². The van der Waals surface area contributed by atoms with E-state index < -0.39 is 0 Å². The molecule has 0 spiro atoms. The van der Waals surface area contributed by atoms with Crippen LogP contribution in [0.5, 0.6) is 5.75 Å². The SMILES string of the molecule is Cn1nccc1CCNC(=O)c1cc(I)ccc1O. The van der Waals surface area contributed by atoms with E-state index in [1.165, 1.54) is 6.07 Å². The summed E-state index contributed by atoms with van der Waals surface area (Å²) in [6.07, 6.45) is 2.43. The maximum atomic E-state index is 11.9. The molecular weight excluding hydrogens is 357 g/mol. The van der Waals surface area contributed by atoms with Crippen LogP contribution in [-0.2, 0) is 13.5 Å². The summed E-state index contributed by atoms with van der Waals surface area (Å²) in [5.74, 6) is -0.267. The van der Waals surface area contributed by atoms with Crippen LogP contribution in [-0.4, -0.2) is 27.3 Å². The summed E-state index contributed by atoms with van der Waals surface area (Å²) in [5, 5.41) is 16.5. The van der Waals surface area contributed by atoms with Crippen LogP contribution in [0.3, 0.4) is 0 Å². The van der Waals surface area contributed by atoms with E-state index in [9.17, 15) is 9.90 Å². The molecule has 2 N–H and O–H groups in total. The summed E-state index contributed by atoms with van der Waals surface area (Å²) in [6.45, 7) is 0.503. The number of aromatic hydroxyl groups is 1. The number of phenolic OH excluding ortho intramolecular Hbond substituents is 1. The molecule has 1 heterocycles. The molecule has 5 nitrogen and oxygen atoms in total. The number of nitrogens with zero attached hydrogens (tertiary/aromatic N) is 2. The molecule has 0 unspecified atom stereocenters. The molecule has 0 aliphatic carbocycles. The number of rotatable bonds is 4. The lowest BCUT2D eigenvalue weighted by atomic mass is 10.2. The summed E-state index contributed by atoms with van der Waals surface area (Å²) >= 11 is 2.10. The number of aromatic nitrogens is 2. The smallest absolute Gasteiger partial charge is 0.255 e. The van der Waals surface area contributed by atoms with Gasteiger partial charge in [-0.25, -0.2) is 0 Å². The fourth-order valence-corrected chi connectivity index (χ4v) is 2.23. The number of halogens is 1. The van der Waals surface area contributed by atoms with Gasteiger partial charge in [0.15, 0.2) is 0 Å². The number of hydrogen-bond donors (Lipinski definition) is 2. The Labute approximate surface area is 124 Å². The second-order valence-corrected chi connectivity index (χ2v) is 5.36. The van der Waals surface area contributed by atoms with Crippen LogP contribution in [0, 0.1) is 3.57 Å². The number of carbonyl (C=O) groups is 1. The van der Waals surface area contributed by atoms with Gasteiger partial charge in [0.2, 0.25) is 0 Å². The molecular formula is C13H14IN3O2. The Kier molecular flexibility index (Phi) is 4.41. The van der Waals surface area contributed by atoms with Crippen molar-refractivity contribution in [3.05, 3.63) is 45.3 Å². The first-order valence-electron chi connectivity index (χ1n) is 5.81. The molecule has 100 valence electrons. The lowest BCUT2D eigenvalue weighted by Gasteiger charge is -2.07. The number of benzene rings is 1. The molecule has 1 amide bonds. The number of nitrogens with one attached hydrogen (secondary N) is 1. The van der Waals surface area contributed by atoms with E-state index in [1.807, 2.05) is 13.1 Å². The van der Waals surface area contributed by atoms with E-state index in [-0.39, 0.29) is 11.7 Å². The van der Waals surface area contributed by atoms with Gasteiger partial charge in [0.1, 0.15) is 5.75 Å². The summed E-state index contributed by atoms with van der Waals surface area (Å²) < 4.78 is 2.68. The topological polar surface area (TPSA) is 67.2 Å². The van der Waals surface area contributed by atoms with Crippen LogP contribution < -0.4 is 5.32 Å². The van der Waals surface area contributed by atoms with E-state index in [0.29, 0.717) is 18.5 Å². The van der Waals surface area contributed by atoms with Crippen molar-refractivity contribution in [2.24, 2.45) is 7.05 Å². The van der Waals surface area contributed by atoms with Gasteiger partial charge in [-0.3, -0.25) is 9.48 Å². The van der Waals surface area contributed by atoms with E-state index in [0.717, 1.165) is 9.26 Å². The summed E-state index contributed by atoms with van der Waals surface area (Å²) in [4.78, 5) is 11.9. The van der Waals surface area contributed by atoms with Crippen LogP contribution in [0.4, 0.5) is 0 Å². The minimum absolute atomic E-state index is 0.00144. The summed E-state index contributed by atoms with van der Waals surface area (Å²) in [5.41, 5.74) is 1.35. The molecule has 2 aromatic rings. The van der Waals surface area contributed by atoms with Gasteiger partial charge in [-0.15, -0.1) is 0 Å². The fourth-order valence-electron chi connectivity index (χ4n) is 1.74. The predicted octanol–water partition coefficient (Wildman–Crippen LogP) is 1.70. The lowest BCUT2D eigenvalue weighted by molar-refractivity contribution is 0.0951. The highest BCUT2D eigenvalue weighted by molar-refractivity contribution is 14.1. The van der Waals surface area contributed by atoms with Gasteiger partial charge in [-0.1, -0.05) is 0 Å². The van der Waals surface area contributed by atoms with Crippen LogP contribution in [0.2, 0.25) is 0 Å². The van der Waals surface area contributed by atoms with Crippen LogP contribution >= 0.6 is 22.6 Å². The molecule has 0 saturated carbocycles. The Bertz CT molecular complexity index is 595. The van der Waals surface area contributed by atoms with Crippen molar-refractivity contribution in [3.63, 3.8) is 0 Å². The van der Waals surface area contributed by atoms with E-state index in [1.54, 1.807) is 23.0 Å². The quantitative estimate of drug-likeness (QED) is 0.805. The van der Waals surface area contributed by atoms with E-state index in [2.05, 4.69) is 33.0 Å². The Morgan fingerprint density at radius 2 is 2.26 bits per heavy atom. The van der Waals surface area contributed by atoms with Crippen LogP contribution in [0.15, 0.2) is 30.5 Å². The number of amides is 1. The molecule has 1 aromatic carbocycles. The molecule has 0 aliphatic rings. The average molecular weight is 371 g/mol. The molecule has 0 aliphatic heterocycles. The maximum Gasteiger partial charge on any atom is 0.255 e. The molecule has 19 heavy (non-hydrogen) atoms. The van der Waals surface area contributed by atoms with Crippen LogP contribution in [0.25, 0.3) is 0 Å². The third-order valence-corrected chi connectivity index (χ3v) is 3.46. The molecule has 0 fully saturated rings. The van der Waals surface area contributed by atoms with Crippen molar-refractivity contribution in [1.82, 2.24) is 15.1 Å². The zero-order chi connectivity index (χ0) is 13.8. The van der Waals surface area contributed by atoms with Gasteiger partial charge in [0, 0.05) is 35.5 Å². The van der Waals surface area contributed by atoms with Gasteiger partial charge >= 0.3 is 0 Å². The van der Waals surface area contributed by atoms with Gasteiger partial charge < -0.3 is 10.4 Å². The molecule has 0 saturated heterocycles. The Morgan fingerprint density at radius 3 is 2.95 bits per heavy atom. The number of aryl methyl sites for hydroxylation is 1. The molecule has 0 radical (unpaired) electrons. The standard InChI is InChI=1S/C13H14IN3O2/c1-17-10(5-7-16-17)4-6-15-13(19)11-8-9(14)2-3-12(11)18/h2-3,5,7-8,18H,4,6H2,1H3,(H,15,19). The third-order valence-electron chi connectivity index (χ3n) is 2.79. The zero-order valence-corrected chi connectivity index (χ0v) is 12.6. The number of hydrogen-bond acceptors (Lipinski definition) is 3. The molecule has 0 atom stereocenters. The number of carbonyl (C=O) groups excluding carboxylic acids is 1. The maximum absolute atomic E-state index is 11.9. The van der Waals surface area contributed by atoms with E-state index in [4.69, 9.17) is 0 Å². The molecule has 0 bridgehead atoms. The molecule has 6 heteroatoms. The van der Waals surface area contributed by atoms with Crippen molar-refractivity contribution in [3.8, 4) is 5.75 Å². The highest BCUT2D eigenvalue weighted by Gasteiger charge is 2.11. The van der Waals surface area contributed by atoms with Crippen molar-refractivity contribution < 1.29 is 9.90 Å². The van der Waals surface area contributed by atoms with Gasteiger partial charge in [0.05, 0.1) is 5.56 Å². The van der Waals surface area contributed by atoms with Crippen molar-refractivity contribution in [2.45, 2.75) is 6.42 Å². The van der Waals surface area contributed by atoms with Gasteiger partial charge in [-0.05, 0) is 46.9 Å². The molecule has 2 rings (SSSR count). The molecule has 1 aromatic heterocycles. The summed E-state index contributed by atoms with van der Waals surface area (Å²) in [7, 11) is 1.86. The normalized spacial score (nSPS) is 10.4. The Morgan fingerprint density at radius 1 is 1.47 bits per heavy atom. The third kappa shape index (κ3) is 3.46. The second kappa shape index (κ2) is 6.05. The highest BCUT2D eigenvalue weighted by Crippen LogP contribution is 2.19. The lowest BCUT2D eigenvalue weighted by Crippen LogP contribution is -2.26. The first-order chi connectivity index (χ1) is 9.08. The van der Waals surface area contributed by atoms with Crippen molar-refractivity contribution >= 4 is 28.5 Å². The minimum atomic E-state index is -0.266. The largest absolute Gasteiger partial charge is 0.507 e. The monoisotopic (exact) mass is 371 g/mol. The zero-order valence-electron chi connectivity index (χ0n) is 10.4. The van der Waals surface area contributed by atoms with Crippen LogP contribution in [0.1, 0.15) is 16.1 Å². The first kappa shape index (κ1) is 13.9.